The van der Waals surface area contributed by atoms with Crippen LogP contribution in [0.1, 0.15) is 26.5 Å². The highest BCUT2D eigenvalue weighted by Gasteiger charge is 1.99. The smallest absolute Gasteiger partial charge is 0.232 e. The molecule has 0 saturated carbocycles. The summed E-state index contributed by atoms with van der Waals surface area (Å²) in [6, 6.07) is 0.451. The van der Waals surface area contributed by atoms with E-state index in [9.17, 15) is 0 Å². The van der Waals surface area contributed by atoms with Crippen LogP contribution in [0.3, 0.4) is 0 Å². The molecular formula is C10H17N3O. The molecule has 0 aromatic carbocycles. The first-order valence-corrected chi connectivity index (χ1v) is 4.89. The first-order chi connectivity index (χ1) is 6.72. The third-order valence-corrected chi connectivity index (χ3v) is 1.65. The molecule has 0 aliphatic carbocycles. The van der Waals surface area contributed by atoms with Crippen molar-refractivity contribution in [2.45, 2.75) is 33.4 Å². The van der Waals surface area contributed by atoms with Gasteiger partial charge in [0.05, 0.1) is 18.5 Å². The van der Waals surface area contributed by atoms with E-state index in [0.717, 1.165) is 12.2 Å². The zero-order valence-electron chi connectivity index (χ0n) is 8.95. The summed E-state index contributed by atoms with van der Waals surface area (Å²) in [5.74, 6) is 0.593. The van der Waals surface area contributed by atoms with Crippen LogP contribution in [-0.2, 0) is 6.54 Å². The quantitative estimate of drug-likeness (QED) is 0.771. The van der Waals surface area contributed by atoms with Crippen molar-refractivity contribution >= 4 is 0 Å². The highest BCUT2D eigenvalue weighted by molar-refractivity contribution is 5.08. The second-order valence-corrected chi connectivity index (χ2v) is 3.32. The molecule has 0 radical (unpaired) electrons. The normalized spacial score (nSPS) is 10.6. The average molecular weight is 195 g/mol. The van der Waals surface area contributed by atoms with Crippen molar-refractivity contribution in [3.8, 4) is 5.88 Å². The van der Waals surface area contributed by atoms with Crippen LogP contribution in [0.15, 0.2) is 12.4 Å². The van der Waals surface area contributed by atoms with Crippen molar-refractivity contribution in [2.75, 3.05) is 6.61 Å². The molecule has 1 rings (SSSR count). The van der Waals surface area contributed by atoms with Crippen molar-refractivity contribution in [1.29, 1.82) is 0 Å². The van der Waals surface area contributed by atoms with Crippen molar-refractivity contribution in [2.24, 2.45) is 0 Å². The second-order valence-electron chi connectivity index (χ2n) is 3.32. The molecule has 0 spiro atoms. The lowest BCUT2D eigenvalue weighted by Crippen LogP contribution is -2.22. The summed E-state index contributed by atoms with van der Waals surface area (Å²) in [4.78, 5) is 8.34. The summed E-state index contributed by atoms with van der Waals surface area (Å²) in [5.41, 5.74) is 0.907. The fraction of sp³-hybridized carbons (Fsp3) is 0.600. The van der Waals surface area contributed by atoms with Crippen LogP contribution < -0.4 is 10.1 Å². The Morgan fingerprint density at radius 1 is 1.43 bits per heavy atom. The number of hydrogen-bond donors (Lipinski definition) is 1. The first kappa shape index (κ1) is 10.9. The number of rotatable bonds is 5. The zero-order chi connectivity index (χ0) is 10.4. The molecule has 1 aromatic heterocycles. The van der Waals surface area contributed by atoms with Gasteiger partial charge < -0.3 is 10.1 Å². The molecule has 0 bridgehead atoms. The van der Waals surface area contributed by atoms with E-state index in [0.29, 0.717) is 18.5 Å². The van der Waals surface area contributed by atoms with Gasteiger partial charge in [0.1, 0.15) is 0 Å². The zero-order valence-corrected chi connectivity index (χ0v) is 8.95. The minimum atomic E-state index is 0.451. The minimum absolute atomic E-state index is 0.451. The molecule has 0 amide bonds. The van der Waals surface area contributed by atoms with Gasteiger partial charge in [-0.25, -0.2) is 4.98 Å². The van der Waals surface area contributed by atoms with Gasteiger partial charge >= 0.3 is 0 Å². The van der Waals surface area contributed by atoms with Gasteiger partial charge in [-0.1, -0.05) is 13.8 Å². The maximum Gasteiger partial charge on any atom is 0.232 e. The van der Waals surface area contributed by atoms with E-state index in [4.69, 9.17) is 4.74 Å². The van der Waals surface area contributed by atoms with Crippen LogP contribution in [0.2, 0.25) is 0 Å². The standard InChI is InChI=1S/C10H17N3O/c1-4-14-10-7-11-5-9(13-10)6-12-8(2)3/h5,7-8,12H,4,6H2,1-3H3. The van der Waals surface area contributed by atoms with Gasteiger partial charge in [-0.3, -0.25) is 4.98 Å². The average Bonchev–Trinajstić information content (AvgIpc) is 2.16. The first-order valence-electron chi connectivity index (χ1n) is 4.89. The number of ether oxygens (including phenoxy) is 1. The topological polar surface area (TPSA) is 47.0 Å². The Bertz CT molecular complexity index is 276. The lowest BCUT2D eigenvalue weighted by molar-refractivity contribution is 0.323. The van der Waals surface area contributed by atoms with Crippen LogP contribution in [-0.4, -0.2) is 22.6 Å². The maximum atomic E-state index is 5.25. The van der Waals surface area contributed by atoms with Gasteiger partial charge in [0.25, 0.3) is 0 Å². The molecule has 0 aliphatic rings. The molecule has 0 unspecified atom stereocenters. The van der Waals surface area contributed by atoms with E-state index in [2.05, 4.69) is 29.1 Å². The summed E-state index contributed by atoms with van der Waals surface area (Å²) in [7, 11) is 0. The summed E-state index contributed by atoms with van der Waals surface area (Å²) in [5, 5.41) is 3.27. The maximum absolute atomic E-state index is 5.25. The van der Waals surface area contributed by atoms with Gasteiger partial charge in [-0.05, 0) is 6.92 Å². The van der Waals surface area contributed by atoms with Gasteiger partial charge in [0, 0.05) is 18.8 Å². The molecule has 4 heteroatoms. The molecule has 14 heavy (non-hydrogen) atoms. The fourth-order valence-corrected chi connectivity index (χ4v) is 0.998. The summed E-state index contributed by atoms with van der Waals surface area (Å²) in [6.45, 7) is 7.47. The van der Waals surface area contributed by atoms with Crippen molar-refractivity contribution < 1.29 is 4.74 Å². The molecule has 0 fully saturated rings. The number of nitrogens with zero attached hydrogens (tertiary/aromatic N) is 2. The third-order valence-electron chi connectivity index (χ3n) is 1.65. The van der Waals surface area contributed by atoms with Gasteiger partial charge in [-0.15, -0.1) is 0 Å². The van der Waals surface area contributed by atoms with E-state index in [1.54, 1.807) is 12.4 Å². The molecule has 1 N–H and O–H groups in total. The fourth-order valence-electron chi connectivity index (χ4n) is 0.998. The summed E-state index contributed by atoms with van der Waals surface area (Å²) < 4.78 is 5.25. The van der Waals surface area contributed by atoms with Crippen LogP contribution in [0.5, 0.6) is 5.88 Å². The highest BCUT2D eigenvalue weighted by Crippen LogP contribution is 2.04. The number of hydrogen-bond acceptors (Lipinski definition) is 4. The van der Waals surface area contributed by atoms with E-state index in [1.165, 1.54) is 0 Å². The monoisotopic (exact) mass is 195 g/mol. The second kappa shape index (κ2) is 5.54. The Kier molecular flexibility index (Phi) is 4.32. The molecule has 78 valence electrons. The molecule has 0 saturated heterocycles. The lowest BCUT2D eigenvalue weighted by Gasteiger charge is -2.08. The molecular weight excluding hydrogens is 178 g/mol. The predicted molar refractivity (Wildman–Crippen MR) is 55.2 cm³/mol. The van der Waals surface area contributed by atoms with Gasteiger partial charge in [0.2, 0.25) is 5.88 Å². The number of nitrogens with one attached hydrogen (secondary N) is 1. The van der Waals surface area contributed by atoms with Crippen LogP contribution >= 0.6 is 0 Å². The molecule has 1 heterocycles. The van der Waals surface area contributed by atoms with Crippen molar-refractivity contribution in [3.05, 3.63) is 18.1 Å². The van der Waals surface area contributed by atoms with E-state index >= 15 is 0 Å². The minimum Gasteiger partial charge on any atom is -0.477 e. The van der Waals surface area contributed by atoms with E-state index < -0.39 is 0 Å². The molecule has 0 atom stereocenters. The molecule has 4 nitrogen and oxygen atoms in total. The van der Waals surface area contributed by atoms with E-state index in [-0.39, 0.29) is 0 Å². The Hall–Kier alpha value is -1.16. The molecule has 0 aliphatic heterocycles. The number of aromatic nitrogens is 2. The van der Waals surface area contributed by atoms with Crippen LogP contribution in [0.4, 0.5) is 0 Å². The van der Waals surface area contributed by atoms with Crippen LogP contribution in [0.25, 0.3) is 0 Å². The highest BCUT2D eigenvalue weighted by atomic mass is 16.5. The Balaban J connectivity index is 2.54. The lowest BCUT2D eigenvalue weighted by atomic mass is 10.3. The Morgan fingerprint density at radius 2 is 2.21 bits per heavy atom. The van der Waals surface area contributed by atoms with Gasteiger partial charge in [-0.2, -0.15) is 0 Å². The molecule has 1 aromatic rings. The van der Waals surface area contributed by atoms with Gasteiger partial charge in [0.15, 0.2) is 0 Å². The Morgan fingerprint density at radius 3 is 2.86 bits per heavy atom. The third kappa shape index (κ3) is 3.70. The SMILES string of the molecule is CCOc1cncc(CNC(C)C)n1. The largest absolute Gasteiger partial charge is 0.477 e. The van der Waals surface area contributed by atoms with Crippen molar-refractivity contribution in [1.82, 2.24) is 15.3 Å². The Labute approximate surface area is 84.7 Å². The summed E-state index contributed by atoms with van der Waals surface area (Å²) in [6.07, 6.45) is 3.38. The summed E-state index contributed by atoms with van der Waals surface area (Å²) >= 11 is 0. The predicted octanol–water partition coefficient (Wildman–Crippen LogP) is 1.37. The van der Waals surface area contributed by atoms with Crippen molar-refractivity contribution in [3.63, 3.8) is 0 Å². The van der Waals surface area contributed by atoms with Crippen LogP contribution in [0, 0.1) is 0 Å². The van der Waals surface area contributed by atoms with E-state index in [1.807, 2.05) is 6.92 Å².